The largest absolute Gasteiger partial charge is 0.370 e. The van der Waals surface area contributed by atoms with Gasteiger partial charge in [-0.25, -0.2) is 29.1 Å². The van der Waals surface area contributed by atoms with Crippen molar-refractivity contribution in [1.82, 2.24) is 117 Å². The number of nitrogens with two attached hydrogens (primary N) is 3. The van der Waals surface area contributed by atoms with E-state index in [1.54, 1.807) is 97.1 Å². The minimum absolute atomic E-state index is 0.00488. The molecule has 0 radical (unpaired) electrons. The van der Waals surface area contributed by atoms with Crippen molar-refractivity contribution in [1.29, 1.82) is 10.8 Å². The molecule has 0 aliphatic carbocycles. The molecule has 12 amide bonds. The normalized spacial score (nSPS) is 12.7. The SMILES string of the molecule is CN(CC(=O)N[C@H](Cn1c(=O)[nH]c2ccccc2c1=O)C(=O)N[C@H](Cn1c(=O)[nH]c2ccccc2c1=O)C(=O)N[C@H](Cn1c(=O)[nH]c2ccccc2c1=O)C(=O)N[C@@H](CCCNC(=N)N)C(=O)NCC(=O)N[C@@H](CCCCNC(=O)c1c2ccccc2nc2ccccc12)C(N)=O)C(=O)[C@@H](Cn1ccc(=O)[nH]c1=O)NC(=O)[C@H](CCCNC(=N)N)NC(=O)CNC(=O)c1c2ccccc2nc2ccccc12. The van der Waals surface area contributed by atoms with Gasteiger partial charge in [0.25, 0.3) is 34.1 Å². The summed E-state index contributed by atoms with van der Waals surface area (Å²) in [6.45, 7) is -7.28. The van der Waals surface area contributed by atoms with Gasteiger partial charge in [-0.3, -0.25) is 111 Å². The van der Waals surface area contributed by atoms with Crippen LogP contribution >= 0.6 is 0 Å². The molecule has 7 atom stereocenters. The van der Waals surface area contributed by atoms with E-state index in [2.05, 4.69) is 88.7 Å². The van der Waals surface area contributed by atoms with E-state index in [0.717, 1.165) is 23.9 Å². The minimum atomic E-state index is -2.41. The van der Waals surface area contributed by atoms with Crippen molar-refractivity contribution in [3.63, 3.8) is 0 Å². The maximum Gasteiger partial charge on any atom is 0.328 e. The Morgan fingerprint density at radius 2 is 0.688 bits per heavy atom. The average Bonchev–Trinajstić information content (AvgIpc) is 0.768. The smallest absolute Gasteiger partial charge is 0.328 e. The number of hydrogen-bond donors (Lipinski definition) is 21. The molecule has 141 heavy (non-hydrogen) atoms. The molecular weight excluding hydrogens is 1830 g/mol. The summed E-state index contributed by atoms with van der Waals surface area (Å²) in [6, 6.07) is 31.7. The van der Waals surface area contributed by atoms with Crippen LogP contribution in [0.1, 0.15) is 65.7 Å². The van der Waals surface area contributed by atoms with E-state index in [9.17, 15) is 76.7 Å². The molecule has 24 N–H and O–H groups in total. The van der Waals surface area contributed by atoms with Crippen molar-refractivity contribution in [3.05, 3.63) is 277 Å². The summed E-state index contributed by atoms with van der Waals surface area (Å²) < 4.78 is 2.17. The Morgan fingerprint density at radius 1 is 0.348 bits per heavy atom. The number of amides is 12. The Bertz CT molecular complexity index is 7540. The third-order valence-electron chi connectivity index (χ3n) is 22.9. The Morgan fingerprint density at radius 3 is 1.11 bits per heavy atom. The molecule has 0 spiro atoms. The van der Waals surface area contributed by atoms with Crippen molar-refractivity contribution >= 4 is 159 Å². The number of para-hydroxylation sites is 7. The summed E-state index contributed by atoms with van der Waals surface area (Å²) in [7, 11) is 1.01. The second kappa shape index (κ2) is 45.7. The first-order chi connectivity index (χ1) is 67.7. The molecule has 730 valence electrons. The highest BCUT2D eigenvalue weighted by molar-refractivity contribution is 6.18. The molecule has 13 aromatic rings. The van der Waals surface area contributed by atoms with Gasteiger partial charge in [-0.1, -0.05) is 109 Å². The Kier molecular flexibility index (Phi) is 32.4. The number of benzene rings is 7. The standard InChI is InChI=1S/C93H98N28O20/c1-117(87(137)69(44-118-41-37-70(122)116-90(118)138)112-78(128)65(36-19-40-101-89(97)98)107-72(124)43-103-83(133)75-51-22-4-11-29-58(51)105-59-30-12-5-23-52(59)75)48-73(125)108-66(45-119-84(134)53-24-6-13-31-60(53)113-91(119)139)79(129)110-68(47-121-86(136)55-26-8-15-33-62(55)115-93(121)141)81(131)111-67(46-120-85(135)54-25-7-14-32-61(54)114-92(120)140)80(130)109-64(35-18-39-100-88(95)96)77(127)102-42-71(123)106-63(76(94)126)34-16-17-38-99-82(132)74-49-20-2-9-27-56(49)104-57-28-10-3-21-50(57)74/h2-15,20-33,37,41,63-69H,16-19,34-36,38-40,42-48H2,1H3,(H2,94,126)(H,99,132)(H,102,127)(H,103,133)(H,106,123)(H,107,124)(H,108,125)(H,109,130)(H,110,129)(H,111,131)(H,112,128)(H,113,139)(H,114,140)(H,115,141)(H4,95,96,100)(H4,97,98,101)(H,116,122,138)/t63-,64-,65-,66+,67+,68+,69+/m0/s1. The zero-order valence-electron chi connectivity index (χ0n) is 75.4. The van der Waals surface area contributed by atoms with Crippen LogP contribution in [-0.2, 0) is 74.1 Å². The zero-order chi connectivity index (χ0) is 101. The van der Waals surface area contributed by atoms with Crippen molar-refractivity contribution in [3.8, 4) is 0 Å². The molecule has 6 heterocycles. The van der Waals surface area contributed by atoms with Crippen molar-refractivity contribution in [2.45, 2.75) is 113 Å². The quantitative estimate of drug-likeness (QED) is 0.00751. The highest BCUT2D eigenvalue weighted by Gasteiger charge is 2.37. The van der Waals surface area contributed by atoms with Gasteiger partial charge in [-0.2, -0.15) is 0 Å². The first kappa shape index (κ1) is 100. The number of fused-ring (bicyclic) bond motifs is 7. The number of primary amides is 1. The van der Waals surface area contributed by atoms with Crippen LogP contribution in [0.3, 0.4) is 0 Å². The molecule has 0 aliphatic rings. The number of likely N-dealkylation sites (N-methyl/N-ethyl adjacent to an activating group) is 1. The fourth-order valence-electron chi connectivity index (χ4n) is 15.9. The highest BCUT2D eigenvalue weighted by atomic mass is 16.2. The van der Waals surface area contributed by atoms with Crippen LogP contribution in [-0.4, -0.2) is 224 Å². The van der Waals surface area contributed by atoms with Gasteiger partial charge in [0.1, 0.15) is 42.3 Å². The fraction of sp³-hybridized carbons (Fsp3) is 0.269. The number of carbonyl (C=O) groups is 12. The second-order valence-corrected chi connectivity index (χ2v) is 32.8. The third-order valence-corrected chi connectivity index (χ3v) is 22.9. The van der Waals surface area contributed by atoms with Crippen LogP contribution in [0.15, 0.2) is 220 Å². The zero-order valence-corrected chi connectivity index (χ0v) is 75.4. The summed E-state index contributed by atoms with van der Waals surface area (Å²) in [4.78, 5) is 306. The highest BCUT2D eigenvalue weighted by Crippen LogP contribution is 2.28. The number of pyridine rings is 2. The molecule has 48 nitrogen and oxygen atoms in total. The Balaban J connectivity index is 0.770. The number of carbonyl (C=O) groups excluding carboxylic acids is 12. The first-order valence-electron chi connectivity index (χ1n) is 44.3. The van der Waals surface area contributed by atoms with Crippen LogP contribution in [0, 0.1) is 10.8 Å². The number of guanidine groups is 2. The molecule has 6 aromatic heterocycles. The minimum Gasteiger partial charge on any atom is -0.370 e. The van der Waals surface area contributed by atoms with E-state index in [-0.39, 0.29) is 95.9 Å². The number of rotatable bonds is 43. The number of nitrogens with zero attached hydrogens (tertiary/aromatic N) is 7. The second-order valence-electron chi connectivity index (χ2n) is 32.8. The predicted octanol–water partition coefficient (Wildman–Crippen LogP) is -3.94. The topological polar surface area (TPSA) is 723 Å². The summed E-state index contributed by atoms with van der Waals surface area (Å²) in [5, 5.41) is 47.1. The van der Waals surface area contributed by atoms with Gasteiger partial charge in [0.2, 0.25) is 59.1 Å². The van der Waals surface area contributed by atoms with Crippen molar-refractivity contribution < 1.29 is 57.5 Å². The van der Waals surface area contributed by atoms with Gasteiger partial charge in [0.05, 0.1) is 112 Å². The summed E-state index contributed by atoms with van der Waals surface area (Å²) in [5.74, 6) is -14.3. The molecule has 0 aliphatic heterocycles. The summed E-state index contributed by atoms with van der Waals surface area (Å²) >= 11 is 0. The van der Waals surface area contributed by atoms with E-state index in [1.807, 2.05) is 4.98 Å². The van der Waals surface area contributed by atoms with Crippen LogP contribution in [0.5, 0.6) is 0 Å². The lowest BCUT2D eigenvalue weighted by molar-refractivity contribution is -0.140. The van der Waals surface area contributed by atoms with Crippen molar-refractivity contribution in [2.75, 3.05) is 46.3 Å². The number of aromatic nitrogens is 10. The van der Waals surface area contributed by atoms with Crippen LogP contribution in [0.25, 0.3) is 76.3 Å². The molecule has 0 saturated carbocycles. The number of unbranched alkanes of at least 4 members (excludes halogenated alkanes) is 1. The number of H-pyrrole nitrogens is 4. The number of nitrogens with one attached hydrogen (secondary N) is 18. The van der Waals surface area contributed by atoms with Gasteiger partial charge < -0.3 is 101 Å². The monoisotopic (exact) mass is 1930 g/mol. The lowest BCUT2D eigenvalue weighted by atomic mass is 10.0. The molecule has 0 unspecified atom stereocenters. The van der Waals surface area contributed by atoms with Crippen LogP contribution < -0.4 is 126 Å². The summed E-state index contributed by atoms with van der Waals surface area (Å²) in [6.07, 6.45) is 0.659. The van der Waals surface area contributed by atoms with Gasteiger partial charge in [-0.15, -0.1) is 0 Å². The van der Waals surface area contributed by atoms with E-state index in [0.29, 0.717) is 74.2 Å². The molecule has 13 rings (SSSR count). The summed E-state index contributed by atoms with van der Waals surface area (Å²) in [5.41, 5.74) is 10.7. The van der Waals surface area contributed by atoms with Gasteiger partial charge >= 0.3 is 22.8 Å². The number of aromatic amines is 4. The lowest BCUT2D eigenvalue weighted by Gasteiger charge is -2.28. The van der Waals surface area contributed by atoms with E-state index in [1.165, 1.54) is 72.8 Å². The van der Waals surface area contributed by atoms with E-state index >= 15 is 19.2 Å². The maximum absolute atomic E-state index is 15.8. The molecule has 0 saturated heterocycles. The maximum atomic E-state index is 15.8. The van der Waals surface area contributed by atoms with Gasteiger partial charge in [-0.05, 0) is 106 Å². The first-order valence-corrected chi connectivity index (χ1v) is 44.3. The predicted molar refractivity (Wildman–Crippen MR) is 516 cm³/mol. The van der Waals surface area contributed by atoms with E-state index in [4.69, 9.17) is 28.0 Å². The van der Waals surface area contributed by atoms with Crippen molar-refractivity contribution in [2.24, 2.45) is 17.2 Å². The lowest BCUT2D eigenvalue weighted by Crippen LogP contribution is -2.62. The van der Waals surface area contributed by atoms with Crippen LogP contribution in [0.2, 0.25) is 0 Å². The van der Waals surface area contributed by atoms with Crippen LogP contribution in [0.4, 0.5) is 0 Å². The number of hydrogen-bond acceptors (Lipinski definition) is 24. The van der Waals surface area contributed by atoms with E-state index < -0.39 is 216 Å². The molecule has 7 aromatic carbocycles. The fourth-order valence-corrected chi connectivity index (χ4v) is 15.9. The molecule has 0 bridgehead atoms. The Hall–Kier alpha value is -18.4. The Labute approximate surface area is 794 Å². The van der Waals surface area contributed by atoms with Gasteiger partial charge in [0, 0.05) is 60.5 Å². The molecule has 48 heteroatoms. The van der Waals surface area contributed by atoms with Gasteiger partial charge in [0.15, 0.2) is 11.9 Å². The average molecular weight is 1930 g/mol. The third kappa shape index (κ3) is 25.0. The molecule has 0 fully saturated rings. The molecular formula is C93H98N28O20.